The fourth-order valence-corrected chi connectivity index (χ4v) is 1.91. The normalized spacial score (nSPS) is 10.5. The Balaban J connectivity index is 2.19. The fraction of sp³-hybridized carbons (Fsp3) is 0.438. The lowest BCUT2D eigenvalue weighted by Gasteiger charge is -2.10. The number of amides is 3. The van der Waals surface area contributed by atoms with Gasteiger partial charge in [-0.1, -0.05) is 0 Å². The molecule has 0 fully saturated rings. The Bertz CT molecular complexity index is 706. The second-order valence-electron chi connectivity index (χ2n) is 5.27. The van der Waals surface area contributed by atoms with Crippen LogP contribution in [0.3, 0.4) is 0 Å². The molecule has 1 aromatic rings. The number of benzene rings is 1. The average molecular weight is 427 g/mol. The number of ether oxygens (including phenoxy) is 2. The Morgan fingerprint density at radius 1 is 0.759 bits per heavy atom. The molecule has 8 nitrogen and oxygen atoms in total. The molecule has 3 N–H and O–H groups in total. The van der Waals surface area contributed by atoms with Crippen molar-refractivity contribution in [3.05, 3.63) is 34.6 Å². The molecule has 0 unspecified atom stereocenters. The lowest BCUT2D eigenvalue weighted by atomic mass is 10.1. The summed E-state index contributed by atoms with van der Waals surface area (Å²) >= 11 is 0. The number of carbonyl (C=O) groups is 3. The molecule has 0 spiro atoms. The van der Waals surface area contributed by atoms with Gasteiger partial charge in [0.1, 0.15) is 5.56 Å². The molecule has 0 saturated heterocycles. The topological polar surface area (TPSA) is 106 Å². The SMILES string of the molecule is O=CNCC(=O)NCCOCCOCCNC(=O)c1c(F)c(F)c(F)c(F)c1F. The highest BCUT2D eigenvalue weighted by atomic mass is 19.2. The molecule has 0 aliphatic carbocycles. The van der Waals surface area contributed by atoms with Gasteiger partial charge in [-0.25, -0.2) is 22.0 Å². The summed E-state index contributed by atoms with van der Waals surface area (Å²) in [6.45, 7) is 0.0810. The van der Waals surface area contributed by atoms with Crippen molar-refractivity contribution in [1.82, 2.24) is 16.0 Å². The van der Waals surface area contributed by atoms with Crippen LogP contribution >= 0.6 is 0 Å². The molecule has 1 rings (SSSR count). The van der Waals surface area contributed by atoms with Crippen LogP contribution in [0.1, 0.15) is 10.4 Å². The third kappa shape index (κ3) is 7.62. The monoisotopic (exact) mass is 427 g/mol. The lowest BCUT2D eigenvalue weighted by Crippen LogP contribution is -2.35. The van der Waals surface area contributed by atoms with E-state index in [1.54, 1.807) is 0 Å². The Kier molecular flexibility index (Phi) is 10.5. The number of carbonyl (C=O) groups excluding carboxylic acids is 3. The Morgan fingerprint density at radius 2 is 1.24 bits per heavy atom. The van der Waals surface area contributed by atoms with Crippen LogP contribution in [0, 0.1) is 29.1 Å². The van der Waals surface area contributed by atoms with E-state index in [-0.39, 0.29) is 52.0 Å². The van der Waals surface area contributed by atoms with E-state index in [0.29, 0.717) is 6.41 Å². The number of nitrogens with one attached hydrogen (secondary N) is 3. The van der Waals surface area contributed by atoms with Gasteiger partial charge in [0.2, 0.25) is 18.1 Å². The molecule has 162 valence electrons. The van der Waals surface area contributed by atoms with Crippen LogP contribution in [0.2, 0.25) is 0 Å². The number of rotatable bonds is 13. The number of hydrogen-bond donors (Lipinski definition) is 3. The summed E-state index contributed by atoms with van der Waals surface area (Å²) in [6, 6.07) is 0. The first-order chi connectivity index (χ1) is 13.8. The molecule has 0 radical (unpaired) electrons. The smallest absolute Gasteiger partial charge is 0.257 e. The molecule has 0 atom stereocenters. The van der Waals surface area contributed by atoms with Crippen LogP contribution in [0.25, 0.3) is 0 Å². The Morgan fingerprint density at radius 3 is 1.76 bits per heavy atom. The van der Waals surface area contributed by atoms with Crippen LogP contribution in [-0.2, 0) is 19.1 Å². The highest BCUT2D eigenvalue weighted by Gasteiger charge is 2.29. The van der Waals surface area contributed by atoms with Gasteiger partial charge in [-0.15, -0.1) is 0 Å². The van der Waals surface area contributed by atoms with Crippen LogP contribution in [0.4, 0.5) is 22.0 Å². The minimum absolute atomic E-state index is 0.0824. The highest BCUT2D eigenvalue weighted by Crippen LogP contribution is 2.22. The highest BCUT2D eigenvalue weighted by molar-refractivity contribution is 5.94. The van der Waals surface area contributed by atoms with E-state index >= 15 is 0 Å². The van der Waals surface area contributed by atoms with Crippen molar-refractivity contribution < 1.29 is 45.8 Å². The van der Waals surface area contributed by atoms with Gasteiger partial charge in [0.15, 0.2) is 23.3 Å². The van der Waals surface area contributed by atoms with E-state index in [2.05, 4.69) is 10.6 Å². The van der Waals surface area contributed by atoms with Crippen molar-refractivity contribution in [2.45, 2.75) is 0 Å². The fourth-order valence-electron chi connectivity index (χ4n) is 1.91. The van der Waals surface area contributed by atoms with E-state index in [1.165, 1.54) is 0 Å². The predicted molar refractivity (Wildman–Crippen MR) is 87.3 cm³/mol. The summed E-state index contributed by atoms with van der Waals surface area (Å²) in [5.74, 6) is -13.1. The average Bonchev–Trinajstić information content (AvgIpc) is 2.70. The number of hydrogen-bond acceptors (Lipinski definition) is 5. The summed E-state index contributed by atoms with van der Waals surface area (Å²) in [5.41, 5.74) is -1.57. The maximum absolute atomic E-state index is 13.5. The zero-order chi connectivity index (χ0) is 21.8. The maximum Gasteiger partial charge on any atom is 0.257 e. The molecule has 3 amide bonds. The molecule has 0 heterocycles. The lowest BCUT2D eigenvalue weighted by molar-refractivity contribution is -0.122. The standard InChI is InChI=1S/C16H18F5N3O5/c17-11-10(12(18)14(20)15(21)13(11)19)16(27)24-2-4-29-6-5-28-3-1-23-9(26)7-22-8-25/h8H,1-7H2,(H,22,25)(H,23,26)(H,24,27). The van der Waals surface area contributed by atoms with Gasteiger partial charge in [-0.05, 0) is 0 Å². The minimum Gasteiger partial charge on any atom is -0.377 e. The summed E-state index contributed by atoms with van der Waals surface area (Å²) in [5, 5.41) is 6.62. The molecule has 13 heteroatoms. The van der Waals surface area contributed by atoms with Crippen molar-refractivity contribution in [3.8, 4) is 0 Å². The van der Waals surface area contributed by atoms with E-state index in [0.717, 1.165) is 0 Å². The summed E-state index contributed by atoms with van der Waals surface area (Å²) in [7, 11) is 0. The molecule has 1 aromatic carbocycles. The quantitative estimate of drug-likeness (QED) is 0.135. The van der Waals surface area contributed by atoms with Gasteiger partial charge >= 0.3 is 0 Å². The van der Waals surface area contributed by atoms with E-state index in [1.807, 2.05) is 5.32 Å². The molecule has 0 bridgehead atoms. The third-order valence-electron chi connectivity index (χ3n) is 3.26. The van der Waals surface area contributed by atoms with E-state index in [4.69, 9.17) is 9.47 Å². The first kappa shape index (κ1) is 24.2. The van der Waals surface area contributed by atoms with Gasteiger partial charge in [0.05, 0.1) is 33.0 Å². The first-order valence-corrected chi connectivity index (χ1v) is 8.20. The second kappa shape index (κ2) is 12.6. The molecule has 29 heavy (non-hydrogen) atoms. The van der Waals surface area contributed by atoms with Crippen LogP contribution in [0.5, 0.6) is 0 Å². The molecule has 0 aromatic heterocycles. The maximum atomic E-state index is 13.5. The van der Waals surface area contributed by atoms with Crippen LogP contribution < -0.4 is 16.0 Å². The van der Waals surface area contributed by atoms with Crippen molar-refractivity contribution in [1.29, 1.82) is 0 Å². The van der Waals surface area contributed by atoms with Crippen LogP contribution in [-0.4, -0.2) is 64.3 Å². The summed E-state index contributed by atoms with van der Waals surface area (Å²) in [6.07, 6.45) is 0.388. The van der Waals surface area contributed by atoms with Gasteiger partial charge in [0.25, 0.3) is 5.91 Å². The molecular weight excluding hydrogens is 409 g/mol. The van der Waals surface area contributed by atoms with E-state index < -0.39 is 40.6 Å². The predicted octanol–water partition coefficient (Wildman–Crippen LogP) is 0.00730. The van der Waals surface area contributed by atoms with Crippen molar-refractivity contribution in [2.24, 2.45) is 0 Å². The molecule has 0 aliphatic rings. The van der Waals surface area contributed by atoms with E-state index in [9.17, 15) is 36.3 Å². The number of halogens is 5. The summed E-state index contributed by atoms with van der Waals surface area (Å²) < 4.78 is 76.2. The molecule has 0 aliphatic heterocycles. The van der Waals surface area contributed by atoms with Crippen molar-refractivity contribution >= 4 is 18.2 Å². The minimum atomic E-state index is -2.35. The van der Waals surface area contributed by atoms with Gasteiger partial charge < -0.3 is 25.4 Å². The van der Waals surface area contributed by atoms with Crippen molar-refractivity contribution in [2.75, 3.05) is 46.1 Å². The van der Waals surface area contributed by atoms with Crippen molar-refractivity contribution in [3.63, 3.8) is 0 Å². The van der Waals surface area contributed by atoms with Gasteiger partial charge in [-0.3, -0.25) is 14.4 Å². The van der Waals surface area contributed by atoms with Crippen LogP contribution in [0.15, 0.2) is 0 Å². The Labute approximate surface area is 161 Å². The van der Waals surface area contributed by atoms with Gasteiger partial charge in [0, 0.05) is 13.1 Å². The second-order valence-corrected chi connectivity index (χ2v) is 5.27. The summed E-state index contributed by atoms with van der Waals surface area (Å²) in [4.78, 5) is 32.7. The first-order valence-electron chi connectivity index (χ1n) is 8.20. The zero-order valence-electron chi connectivity index (χ0n) is 15.0. The molecule has 0 saturated carbocycles. The van der Waals surface area contributed by atoms with Gasteiger partial charge in [-0.2, -0.15) is 0 Å². The zero-order valence-corrected chi connectivity index (χ0v) is 15.0. The third-order valence-corrected chi connectivity index (χ3v) is 3.26. The molecular formula is C16H18F5N3O5. The largest absolute Gasteiger partial charge is 0.377 e. The Hall–Kier alpha value is -2.80.